The van der Waals surface area contributed by atoms with Gasteiger partial charge in [-0.05, 0) is 56.2 Å². The van der Waals surface area contributed by atoms with Crippen molar-refractivity contribution in [3.63, 3.8) is 0 Å². The van der Waals surface area contributed by atoms with Crippen LogP contribution in [0.4, 0.5) is 5.69 Å². The number of fused-ring (bicyclic) bond motifs is 1. The van der Waals surface area contributed by atoms with E-state index in [1.165, 1.54) is 0 Å². The van der Waals surface area contributed by atoms with Gasteiger partial charge in [-0.3, -0.25) is 20.4 Å². The van der Waals surface area contributed by atoms with E-state index < -0.39 is 0 Å². The number of aryl methyl sites for hydroxylation is 1. The molecule has 8 heteroatoms. The maximum Gasteiger partial charge on any atom is 0.305 e. The van der Waals surface area contributed by atoms with Crippen molar-refractivity contribution in [3.05, 3.63) is 87.8 Å². The summed E-state index contributed by atoms with van der Waals surface area (Å²) >= 11 is 5.87. The monoisotopic (exact) mass is 436 g/mol. The van der Waals surface area contributed by atoms with Gasteiger partial charge in [0.2, 0.25) is 0 Å². The van der Waals surface area contributed by atoms with E-state index >= 15 is 0 Å². The number of hydrogen-bond donors (Lipinski definition) is 3. The minimum atomic E-state index is -0.375. The number of furan rings is 1. The molecule has 1 heterocycles. The van der Waals surface area contributed by atoms with Crippen LogP contribution >= 0.6 is 11.6 Å². The van der Waals surface area contributed by atoms with Gasteiger partial charge in [-0.15, -0.1) is 0 Å². The molecule has 31 heavy (non-hydrogen) atoms. The third-order valence-electron chi connectivity index (χ3n) is 5.02. The van der Waals surface area contributed by atoms with Crippen molar-refractivity contribution in [2.75, 3.05) is 5.43 Å². The van der Waals surface area contributed by atoms with Gasteiger partial charge in [0.1, 0.15) is 5.76 Å². The van der Waals surface area contributed by atoms with Crippen molar-refractivity contribution in [1.82, 2.24) is 10.9 Å². The van der Waals surface area contributed by atoms with E-state index in [0.717, 1.165) is 17.7 Å². The van der Waals surface area contributed by atoms with E-state index in [1.807, 2.05) is 37.3 Å². The topological polar surface area (TPSA) is 95.7 Å². The maximum absolute atomic E-state index is 12.7. The number of nitrogens with one attached hydrogen (secondary N) is 3. The predicted molar refractivity (Wildman–Crippen MR) is 119 cm³/mol. The normalized spacial score (nSPS) is 14.1. The van der Waals surface area contributed by atoms with Crippen LogP contribution < -0.4 is 16.3 Å². The molecule has 1 aliphatic carbocycles. The van der Waals surface area contributed by atoms with Crippen molar-refractivity contribution in [1.29, 1.82) is 0 Å². The lowest BCUT2D eigenvalue weighted by Crippen LogP contribution is -2.29. The van der Waals surface area contributed by atoms with Crippen LogP contribution in [0.15, 0.2) is 64.1 Å². The van der Waals surface area contributed by atoms with Crippen LogP contribution in [0, 0.1) is 6.92 Å². The van der Waals surface area contributed by atoms with Crippen LogP contribution in [-0.2, 0) is 6.42 Å². The van der Waals surface area contributed by atoms with Crippen molar-refractivity contribution in [3.8, 4) is 0 Å². The summed E-state index contributed by atoms with van der Waals surface area (Å²) in [5.74, 6) is 0.225. The van der Waals surface area contributed by atoms with Crippen molar-refractivity contribution in [2.45, 2.75) is 26.2 Å². The Hall–Kier alpha value is -3.58. The second-order valence-corrected chi connectivity index (χ2v) is 7.60. The van der Waals surface area contributed by atoms with Crippen molar-refractivity contribution < 1.29 is 14.0 Å². The van der Waals surface area contributed by atoms with Crippen LogP contribution in [0.5, 0.6) is 0 Å². The average molecular weight is 437 g/mol. The third kappa shape index (κ3) is 4.62. The standard InChI is InChI=1S/C23H21ClN4O3/c1-14-20-18(26-27-22(29)15-10-12-16(24)13-11-15)8-5-9-19(20)31-21(14)23(30)28-25-17-6-3-2-4-7-17/h2-4,6-7,10-13,25H,5,8-9H2,1H3,(H,27,29)(H,28,30)/b26-18+. The van der Waals surface area contributed by atoms with Gasteiger partial charge in [0.25, 0.3) is 5.91 Å². The number of carbonyl (C=O) groups excluding carboxylic acids is 2. The molecule has 1 aromatic heterocycles. The zero-order valence-electron chi connectivity index (χ0n) is 16.9. The number of anilines is 1. The second-order valence-electron chi connectivity index (χ2n) is 7.16. The van der Waals surface area contributed by atoms with Crippen LogP contribution in [0.25, 0.3) is 0 Å². The Morgan fingerprint density at radius 2 is 1.74 bits per heavy atom. The van der Waals surface area contributed by atoms with E-state index in [0.29, 0.717) is 40.5 Å². The molecule has 158 valence electrons. The lowest BCUT2D eigenvalue weighted by atomic mass is 9.93. The number of nitrogens with zero attached hydrogens (tertiary/aromatic N) is 1. The zero-order chi connectivity index (χ0) is 21.8. The zero-order valence-corrected chi connectivity index (χ0v) is 17.6. The summed E-state index contributed by atoms with van der Waals surface area (Å²) in [7, 11) is 0. The van der Waals surface area contributed by atoms with Gasteiger partial charge >= 0.3 is 5.91 Å². The van der Waals surface area contributed by atoms with Gasteiger partial charge in [0.05, 0.1) is 11.4 Å². The first-order valence-electron chi connectivity index (χ1n) is 9.89. The fourth-order valence-electron chi connectivity index (χ4n) is 3.49. The molecule has 0 fully saturated rings. The van der Waals surface area contributed by atoms with E-state index in [4.69, 9.17) is 16.0 Å². The Morgan fingerprint density at radius 1 is 1.00 bits per heavy atom. The van der Waals surface area contributed by atoms with Crippen LogP contribution in [-0.4, -0.2) is 17.5 Å². The summed E-state index contributed by atoms with van der Waals surface area (Å²) in [5.41, 5.74) is 11.5. The highest BCUT2D eigenvalue weighted by Gasteiger charge is 2.28. The SMILES string of the molecule is Cc1c(C(=O)NNc2ccccc2)oc2c1/C(=N/NC(=O)c1ccc(Cl)cc1)CCC2. The Bertz CT molecular complexity index is 1140. The Kier molecular flexibility index (Phi) is 6.04. The van der Waals surface area contributed by atoms with E-state index in [9.17, 15) is 9.59 Å². The van der Waals surface area contributed by atoms with Gasteiger partial charge in [0.15, 0.2) is 5.76 Å². The summed E-state index contributed by atoms with van der Waals surface area (Å²) < 4.78 is 5.86. The number of hydrazone groups is 1. The number of benzene rings is 2. The summed E-state index contributed by atoms with van der Waals surface area (Å²) in [6, 6.07) is 15.9. The fraction of sp³-hybridized carbons (Fsp3) is 0.174. The number of rotatable bonds is 5. The molecule has 2 amide bonds. The number of para-hydroxylation sites is 1. The first-order valence-corrected chi connectivity index (χ1v) is 10.3. The highest BCUT2D eigenvalue weighted by atomic mass is 35.5. The molecule has 4 rings (SSSR count). The number of hydrazine groups is 1. The quantitative estimate of drug-likeness (QED) is 0.514. The lowest BCUT2D eigenvalue weighted by molar-refractivity contribution is 0.0930. The molecule has 1 aliphatic rings. The number of carbonyl (C=O) groups is 2. The van der Waals surface area contributed by atoms with E-state index in [1.54, 1.807) is 24.3 Å². The van der Waals surface area contributed by atoms with Crippen LogP contribution in [0.2, 0.25) is 5.02 Å². The predicted octanol–water partition coefficient (Wildman–Crippen LogP) is 4.47. The van der Waals surface area contributed by atoms with Crippen LogP contribution in [0.1, 0.15) is 50.6 Å². The Morgan fingerprint density at radius 3 is 2.48 bits per heavy atom. The summed E-state index contributed by atoms with van der Waals surface area (Å²) in [4.78, 5) is 25.0. The molecular formula is C23H21ClN4O3. The molecule has 0 saturated heterocycles. The fourth-order valence-corrected chi connectivity index (χ4v) is 3.61. The maximum atomic E-state index is 12.7. The van der Waals surface area contributed by atoms with Gasteiger partial charge in [-0.25, -0.2) is 5.43 Å². The average Bonchev–Trinajstić information content (AvgIpc) is 3.14. The Balaban J connectivity index is 1.51. The molecule has 0 radical (unpaired) electrons. The van der Waals surface area contributed by atoms with Crippen molar-refractivity contribution in [2.24, 2.45) is 5.10 Å². The lowest BCUT2D eigenvalue weighted by Gasteiger charge is -2.13. The number of halogens is 1. The number of amides is 2. The first-order chi connectivity index (χ1) is 15.0. The second kappa shape index (κ2) is 9.06. The van der Waals surface area contributed by atoms with Gasteiger partial charge in [-0.2, -0.15) is 5.10 Å². The summed E-state index contributed by atoms with van der Waals surface area (Å²) in [5, 5.41) is 4.88. The summed E-state index contributed by atoms with van der Waals surface area (Å²) in [6.45, 7) is 1.82. The molecular weight excluding hydrogens is 416 g/mol. The van der Waals surface area contributed by atoms with Crippen molar-refractivity contribution >= 4 is 34.8 Å². The first kappa shape index (κ1) is 20.7. The van der Waals surface area contributed by atoms with Gasteiger partial charge < -0.3 is 4.42 Å². The minimum Gasteiger partial charge on any atom is -0.455 e. The molecule has 3 N–H and O–H groups in total. The largest absolute Gasteiger partial charge is 0.455 e. The number of hydrogen-bond acceptors (Lipinski definition) is 5. The molecule has 0 spiro atoms. The highest BCUT2D eigenvalue weighted by Crippen LogP contribution is 2.30. The molecule has 3 aromatic rings. The third-order valence-corrected chi connectivity index (χ3v) is 5.28. The molecule has 7 nitrogen and oxygen atoms in total. The van der Waals surface area contributed by atoms with Gasteiger partial charge in [-0.1, -0.05) is 29.8 Å². The molecule has 2 aromatic carbocycles. The van der Waals surface area contributed by atoms with Gasteiger partial charge in [0, 0.05) is 28.1 Å². The molecule has 0 atom stereocenters. The highest BCUT2D eigenvalue weighted by molar-refractivity contribution is 6.30. The van der Waals surface area contributed by atoms with E-state index in [2.05, 4.69) is 21.4 Å². The summed E-state index contributed by atoms with van der Waals surface area (Å²) in [6.07, 6.45) is 2.20. The molecule has 0 bridgehead atoms. The minimum absolute atomic E-state index is 0.229. The van der Waals surface area contributed by atoms with Crippen LogP contribution in [0.3, 0.4) is 0 Å². The molecule has 0 aliphatic heterocycles. The Labute approximate surface area is 184 Å². The van der Waals surface area contributed by atoms with E-state index in [-0.39, 0.29) is 17.6 Å². The molecule has 0 unspecified atom stereocenters. The molecule has 0 saturated carbocycles. The smallest absolute Gasteiger partial charge is 0.305 e.